The van der Waals surface area contributed by atoms with Crippen molar-refractivity contribution in [1.82, 2.24) is 14.7 Å². The van der Waals surface area contributed by atoms with E-state index in [1.54, 1.807) is 24.1 Å². The molecule has 0 radical (unpaired) electrons. The number of nitrogens with zero attached hydrogens (tertiary/aromatic N) is 3. The van der Waals surface area contributed by atoms with Gasteiger partial charge in [0.2, 0.25) is 0 Å². The van der Waals surface area contributed by atoms with Gasteiger partial charge in [0.15, 0.2) is 23.2 Å². The predicted octanol–water partition coefficient (Wildman–Crippen LogP) is 3.51. The molecule has 2 aliphatic rings. The highest BCUT2D eigenvalue weighted by molar-refractivity contribution is 5.99. The molecule has 3 aromatic rings. The fraction of sp³-hybridized carbons (Fsp3) is 0.273. The quantitative estimate of drug-likeness (QED) is 0.635. The largest absolute Gasteiger partial charge is 0.489 e. The molecular formula is C22H19F3N4O2. The number of carbonyl (C=O) groups excluding carboxylic acids is 1. The normalized spacial score (nSPS) is 15.0. The maximum Gasteiger partial charge on any atom is 0.258 e. The summed E-state index contributed by atoms with van der Waals surface area (Å²) in [5, 5.41) is 7.68. The van der Waals surface area contributed by atoms with Crippen molar-refractivity contribution in [2.24, 2.45) is 7.05 Å². The average Bonchev–Trinajstić information content (AvgIpc) is 3.11. The number of ether oxygens (including phenoxy) is 1. The van der Waals surface area contributed by atoms with Gasteiger partial charge in [0.25, 0.3) is 5.91 Å². The molecule has 0 spiro atoms. The number of amides is 1. The van der Waals surface area contributed by atoms with Gasteiger partial charge in [-0.3, -0.25) is 9.48 Å². The number of aryl methyl sites for hydroxylation is 1. The van der Waals surface area contributed by atoms with E-state index >= 15 is 0 Å². The highest BCUT2D eigenvalue weighted by atomic mass is 19.2. The second kappa shape index (κ2) is 7.33. The lowest BCUT2D eigenvalue weighted by Crippen LogP contribution is -2.36. The average molecular weight is 428 g/mol. The highest BCUT2D eigenvalue weighted by Crippen LogP contribution is 2.35. The Morgan fingerprint density at radius 2 is 1.97 bits per heavy atom. The van der Waals surface area contributed by atoms with Crippen molar-refractivity contribution in [2.45, 2.75) is 13.0 Å². The molecule has 0 atom stereocenters. The van der Waals surface area contributed by atoms with Gasteiger partial charge in [0.1, 0.15) is 6.61 Å². The molecule has 6 nitrogen and oxygen atoms in total. The Balaban J connectivity index is 1.46. The summed E-state index contributed by atoms with van der Waals surface area (Å²) >= 11 is 0. The van der Waals surface area contributed by atoms with Crippen LogP contribution >= 0.6 is 0 Å². The zero-order valence-corrected chi connectivity index (χ0v) is 16.7. The van der Waals surface area contributed by atoms with Crippen LogP contribution in [0.15, 0.2) is 30.3 Å². The van der Waals surface area contributed by atoms with Crippen LogP contribution in [0, 0.1) is 17.5 Å². The molecule has 3 heterocycles. The van der Waals surface area contributed by atoms with Gasteiger partial charge >= 0.3 is 0 Å². The fourth-order valence-electron chi connectivity index (χ4n) is 4.26. The lowest BCUT2D eigenvalue weighted by Gasteiger charge is -2.28. The molecule has 1 N–H and O–H groups in total. The molecule has 1 amide bonds. The van der Waals surface area contributed by atoms with Crippen molar-refractivity contribution in [3.05, 3.63) is 64.6 Å². The number of hydrogen-bond acceptors (Lipinski definition) is 4. The summed E-state index contributed by atoms with van der Waals surface area (Å²) in [6.07, 6.45) is 0.457. The molecular weight excluding hydrogens is 409 g/mol. The van der Waals surface area contributed by atoms with Crippen LogP contribution in [0.25, 0.3) is 11.3 Å². The number of benzene rings is 2. The van der Waals surface area contributed by atoms with Crippen LogP contribution in [-0.2, 0) is 20.0 Å². The van der Waals surface area contributed by atoms with Crippen LogP contribution < -0.4 is 10.1 Å². The van der Waals surface area contributed by atoms with E-state index in [0.717, 1.165) is 23.4 Å². The minimum atomic E-state index is -1.50. The van der Waals surface area contributed by atoms with Gasteiger partial charge in [-0.05, 0) is 30.7 Å². The molecule has 2 aromatic carbocycles. The Morgan fingerprint density at radius 3 is 2.74 bits per heavy atom. The van der Waals surface area contributed by atoms with E-state index in [9.17, 15) is 18.0 Å². The Hall–Kier alpha value is -3.49. The predicted molar refractivity (Wildman–Crippen MR) is 107 cm³/mol. The minimum Gasteiger partial charge on any atom is -0.489 e. The summed E-state index contributed by atoms with van der Waals surface area (Å²) < 4.78 is 48.2. The van der Waals surface area contributed by atoms with Crippen LogP contribution in [0.4, 0.5) is 18.9 Å². The van der Waals surface area contributed by atoms with Gasteiger partial charge in [-0.25, -0.2) is 13.2 Å². The number of carbonyl (C=O) groups is 1. The van der Waals surface area contributed by atoms with Gasteiger partial charge in [-0.15, -0.1) is 0 Å². The van der Waals surface area contributed by atoms with Crippen molar-refractivity contribution >= 4 is 11.6 Å². The molecule has 5 rings (SSSR count). The van der Waals surface area contributed by atoms with Gasteiger partial charge in [-0.1, -0.05) is 6.07 Å². The lowest BCUT2D eigenvalue weighted by molar-refractivity contribution is 0.0728. The summed E-state index contributed by atoms with van der Waals surface area (Å²) in [5.74, 6) is -3.62. The van der Waals surface area contributed by atoms with Crippen molar-refractivity contribution in [2.75, 3.05) is 25.0 Å². The number of anilines is 1. The highest BCUT2D eigenvalue weighted by Gasteiger charge is 2.30. The molecule has 9 heteroatoms. The van der Waals surface area contributed by atoms with Gasteiger partial charge in [-0.2, -0.15) is 5.10 Å². The van der Waals surface area contributed by atoms with E-state index in [4.69, 9.17) is 4.74 Å². The van der Waals surface area contributed by atoms with E-state index in [1.807, 2.05) is 6.07 Å². The second-order valence-electron chi connectivity index (χ2n) is 7.59. The Labute approximate surface area is 176 Å². The van der Waals surface area contributed by atoms with Gasteiger partial charge < -0.3 is 15.0 Å². The number of para-hydroxylation sites is 1. The van der Waals surface area contributed by atoms with Crippen molar-refractivity contribution < 1.29 is 22.7 Å². The van der Waals surface area contributed by atoms with E-state index in [2.05, 4.69) is 10.4 Å². The molecule has 160 valence electrons. The molecule has 0 aliphatic carbocycles. The first-order valence-electron chi connectivity index (χ1n) is 9.92. The number of fused-ring (bicyclic) bond motifs is 2. The summed E-state index contributed by atoms with van der Waals surface area (Å²) in [6.45, 7) is 1.83. The van der Waals surface area contributed by atoms with Crippen LogP contribution in [0.3, 0.4) is 0 Å². The second-order valence-corrected chi connectivity index (χ2v) is 7.59. The molecule has 2 aliphatic heterocycles. The van der Waals surface area contributed by atoms with Crippen LogP contribution in [0.2, 0.25) is 0 Å². The summed E-state index contributed by atoms with van der Waals surface area (Å²) in [5.41, 5.74) is 3.44. The Bertz CT molecular complexity index is 1180. The third-order valence-electron chi connectivity index (χ3n) is 5.65. The maximum absolute atomic E-state index is 13.8. The first-order chi connectivity index (χ1) is 14.9. The van der Waals surface area contributed by atoms with Crippen molar-refractivity contribution in [3.63, 3.8) is 0 Å². The van der Waals surface area contributed by atoms with Crippen molar-refractivity contribution in [3.8, 4) is 17.0 Å². The minimum absolute atomic E-state index is 0.169. The maximum atomic E-state index is 13.8. The first-order valence-corrected chi connectivity index (χ1v) is 9.92. The van der Waals surface area contributed by atoms with Gasteiger partial charge in [0.05, 0.1) is 29.2 Å². The van der Waals surface area contributed by atoms with Crippen molar-refractivity contribution in [1.29, 1.82) is 0 Å². The number of rotatable bonds is 2. The van der Waals surface area contributed by atoms with Gasteiger partial charge in [0, 0.05) is 31.3 Å². The zero-order chi connectivity index (χ0) is 21.7. The standard InChI is InChI=1S/C22H19F3N4O2/c1-28-20(12-9-15(23)19(25)16(24)10-12)13-5-7-29(11-18(13)27-28)22(30)14-3-2-4-17-21(14)31-8-6-26-17/h2-4,9-10,26H,5-8,11H2,1H3. The number of nitrogens with one attached hydrogen (secondary N) is 1. The molecule has 0 unspecified atom stereocenters. The first kappa shape index (κ1) is 19.5. The number of hydrogen-bond donors (Lipinski definition) is 1. The van der Waals surface area contributed by atoms with E-state index in [0.29, 0.717) is 48.8 Å². The topological polar surface area (TPSA) is 59.4 Å². The number of aromatic nitrogens is 2. The molecule has 31 heavy (non-hydrogen) atoms. The van der Waals surface area contributed by atoms with E-state index in [-0.39, 0.29) is 18.0 Å². The number of halogens is 3. The smallest absolute Gasteiger partial charge is 0.258 e. The molecule has 1 aromatic heterocycles. The molecule has 0 saturated heterocycles. The monoisotopic (exact) mass is 428 g/mol. The molecule has 0 fully saturated rings. The third kappa shape index (κ3) is 3.20. The molecule has 0 bridgehead atoms. The summed E-state index contributed by atoms with van der Waals surface area (Å²) in [6, 6.07) is 7.34. The Morgan fingerprint density at radius 1 is 1.19 bits per heavy atom. The van der Waals surface area contributed by atoms with Crippen LogP contribution in [-0.4, -0.2) is 40.3 Å². The Kier molecular flexibility index (Phi) is 4.60. The third-order valence-corrected chi connectivity index (χ3v) is 5.65. The van der Waals surface area contributed by atoms with E-state index in [1.165, 1.54) is 4.68 Å². The SMILES string of the molecule is Cn1nc2c(c1-c1cc(F)c(F)c(F)c1)CCN(C(=O)c1cccc3c1OCCN3)C2. The molecule has 0 saturated carbocycles. The van der Waals surface area contributed by atoms with Crippen LogP contribution in [0.1, 0.15) is 21.6 Å². The van der Waals surface area contributed by atoms with Crippen LogP contribution in [0.5, 0.6) is 5.75 Å². The van der Waals surface area contributed by atoms with E-state index < -0.39 is 17.5 Å². The lowest BCUT2D eigenvalue weighted by atomic mass is 9.99. The zero-order valence-electron chi connectivity index (χ0n) is 16.7. The summed E-state index contributed by atoms with van der Waals surface area (Å²) in [4.78, 5) is 14.9. The summed E-state index contributed by atoms with van der Waals surface area (Å²) in [7, 11) is 1.66. The fourth-order valence-corrected chi connectivity index (χ4v) is 4.26.